The van der Waals surface area contributed by atoms with Crippen LogP contribution in [-0.2, 0) is 19.3 Å². The topological polar surface area (TPSA) is 103 Å². The van der Waals surface area contributed by atoms with E-state index in [0.717, 1.165) is 37.1 Å². The number of allylic oxidation sites excluding steroid dienone is 4. The molecule has 0 radical (unpaired) electrons. The minimum absolute atomic E-state index is 0.0699. The number of nitrogen functional groups attached to an aromatic ring is 1. The maximum Gasteiger partial charge on any atom is 0.191 e. The van der Waals surface area contributed by atoms with E-state index in [1.807, 2.05) is 24.3 Å². The van der Waals surface area contributed by atoms with Gasteiger partial charge in [-0.05, 0) is 48.8 Å². The summed E-state index contributed by atoms with van der Waals surface area (Å²) in [5, 5.41) is 0.650. The summed E-state index contributed by atoms with van der Waals surface area (Å²) < 4.78 is 0. The molecular formula is C20H25N5S. The number of aliphatic imine (C=N–C) groups is 1. The Morgan fingerprint density at radius 3 is 2.62 bits per heavy atom. The van der Waals surface area contributed by atoms with Gasteiger partial charge >= 0.3 is 0 Å². The molecule has 0 saturated heterocycles. The molecule has 0 fully saturated rings. The molecule has 1 aromatic heterocycles. The Hall–Kier alpha value is -2.60. The molecule has 6 heteroatoms. The molecule has 0 amide bonds. The standard InChI is InChI=1S/C20H25N5S/c1-20(11-3-2-4-12-20)13-17-16(25-19(23)26-17)10-7-14-5-8-15(9-6-14)24-18(21)22/h2-6,8-9,11H,7,10,12-13H2,1H3,(H2,23,25)(H4,21,22,24). The average molecular weight is 368 g/mol. The highest BCUT2D eigenvalue weighted by molar-refractivity contribution is 7.15. The number of aromatic nitrogens is 1. The summed E-state index contributed by atoms with van der Waals surface area (Å²) in [7, 11) is 0. The van der Waals surface area contributed by atoms with Crippen molar-refractivity contribution in [1.82, 2.24) is 4.98 Å². The Balaban J connectivity index is 1.68. The second kappa shape index (κ2) is 7.74. The Labute approximate surface area is 158 Å². The lowest BCUT2D eigenvalue weighted by atomic mass is 9.80. The van der Waals surface area contributed by atoms with Gasteiger partial charge in [-0.25, -0.2) is 9.98 Å². The lowest BCUT2D eigenvalue weighted by Crippen LogP contribution is -2.21. The van der Waals surface area contributed by atoms with E-state index >= 15 is 0 Å². The number of nitrogens with two attached hydrogens (primary N) is 3. The summed E-state index contributed by atoms with van der Waals surface area (Å²) in [6.45, 7) is 2.29. The van der Waals surface area contributed by atoms with Crippen molar-refractivity contribution in [3.8, 4) is 0 Å². The van der Waals surface area contributed by atoms with Crippen LogP contribution in [0, 0.1) is 5.41 Å². The van der Waals surface area contributed by atoms with Crippen molar-refractivity contribution < 1.29 is 0 Å². The molecule has 0 spiro atoms. The molecule has 0 bridgehead atoms. The third-order valence-corrected chi connectivity index (χ3v) is 5.46. The fourth-order valence-corrected chi connectivity index (χ4v) is 4.23. The van der Waals surface area contributed by atoms with Crippen LogP contribution in [0.1, 0.15) is 29.5 Å². The van der Waals surface area contributed by atoms with E-state index in [9.17, 15) is 0 Å². The van der Waals surface area contributed by atoms with Crippen molar-refractivity contribution in [2.24, 2.45) is 21.9 Å². The molecule has 0 saturated carbocycles. The minimum Gasteiger partial charge on any atom is -0.375 e. The van der Waals surface area contributed by atoms with Crippen LogP contribution in [0.4, 0.5) is 10.8 Å². The van der Waals surface area contributed by atoms with E-state index in [0.29, 0.717) is 5.13 Å². The Bertz CT molecular complexity index is 844. The van der Waals surface area contributed by atoms with E-state index in [1.54, 1.807) is 11.3 Å². The quantitative estimate of drug-likeness (QED) is 0.537. The average Bonchev–Trinajstić information content (AvgIpc) is 2.93. The monoisotopic (exact) mass is 367 g/mol. The number of benzene rings is 1. The molecule has 1 aromatic carbocycles. The fourth-order valence-electron chi connectivity index (χ4n) is 3.16. The highest BCUT2D eigenvalue weighted by Crippen LogP contribution is 2.35. The predicted octanol–water partition coefficient (Wildman–Crippen LogP) is 3.48. The SMILES string of the molecule is CC1(Cc2sc(N)nc2CCc2ccc(N=C(N)N)cc2)C=CC=CC1. The van der Waals surface area contributed by atoms with E-state index in [-0.39, 0.29) is 11.4 Å². The van der Waals surface area contributed by atoms with Crippen molar-refractivity contribution in [3.05, 3.63) is 64.7 Å². The summed E-state index contributed by atoms with van der Waals surface area (Å²) in [5.41, 5.74) is 20.1. The maximum atomic E-state index is 6.00. The summed E-state index contributed by atoms with van der Waals surface area (Å²) in [6, 6.07) is 7.94. The summed E-state index contributed by atoms with van der Waals surface area (Å²) in [4.78, 5) is 9.91. The van der Waals surface area contributed by atoms with Crippen LogP contribution in [0.3, 0.4) is 0 Å². The zero-order valence-electron chi connectivity index (χ0n) is 15.0. The molecule has 2 aromatic rings. The van der Waals surface area contributed by atoms with E-state index in [1.165, 1.54) is 10.4 Å². The van der Waals surface area contributed by atoms with Crippen molar-refractivity contribution in [2.45, 2.75) is 32.6 Å². The summed E-state index contributed by atoms with van der Waals surface area (Å²) in [6.07, 6.45) is 12.6. The molecule has 1 atom stereocenters. The van der Waals surface area contributed by atoms with Gasteiger partial charge in [0.25, 0.3) is 0 Å². The molecule has 5 nitrogen and oxygen atoms in total. The molecular weight excluding hydrogens is 342 g/mol. The van der Waals surface area contributed by atoms with Gasteiger partial charge in [-0.2, -0.15) is 0 Å². The van der Waals surface area contributed by atoms with Gasteiger partial charge in [0.2, 0.25) is 0 Å². The van der Waals surface area contributed by atoms with Crippen molar-refractivity contribution in [2.75, 3.05) is 5.73 Å². The van der Waals surface area contributed by atoms with Gasteiger partial charge in [0.15, 0.2) is 11.1 Å². The zero-order chi connectivity index (χ0) is 18.6. The van der Waals surface area contributed by atoms with Crippen LogP contribution in [0.2, 0.25) is 0 Å². The molecule has 26 heavy (non-hydrogen) atoms. The number of rotatable bonds is 6. The minimum atomic E-state index is 0.0699. The number of anilines is 1. The van der Waals surface area contributed by atoms with Crippen molar-refractivity contribution in [1.29, 1.82) is 0 Å². The second-order valence-electron chi connectivity index (χ2n) is 6.95. The summed E-state index contributed by atoms with van der Waals surface area (Å²) in [5.74, 6) is 0.0699. The third-order valence-electron chi connectivity index (χ3n) is 4.53. The van der Waals surface area contributed by atoms with Gasteiger partial charge in [-0.1, -0.05) is 43.4 Å². The number of thiazole rings is 1. The fraction of sp³-hybridized carbons (Fsp3) is 0.300. The highest BCUT2D eigenvalue weighted by Gasteiger charge is 2.24. The number of nitrogens with zero attached hydrogens (tertiary/aromatic N) is 2. The molecule has 1 aliphatic carbocycles. The molecule has 3 rings (SSSR count). The first kappa shape index (κ1) is 18.2. The molecule has 136 valence electrons. The van der Waals surface area contributed by atoms with Gasteiger partial charge in [0.1, 0.15) is 0 Å². The summed E-state index contributed by atoms with van der Waals surface area (Å²) >= 11 is 1.61. The van der Waals surface area contributed by atoms with Crippen LogP contribution in [-0.4, -0.2) is 10.9 Å². The molecule has 1 aliphatic rings. The van der Waals surface area contributed by atoms with Crippen LogP contribution in [0.25, 0.3) is 0 Å². The maximum absolute atomic E-state index is 6.00. The van der Waals surface area contributed by atoms with Gasteiger partial charge in [0.05, 0.1) is 11.4 Å². The van der Waals surface area contributed by atoms with Crippen LogP contribution < -0.4 is 17.2 Å². The van der Waals surface area contributed by atoms with Gasteiger partial charge in [-0.15, -0.1) is 11.3 Å². The van der Waals surface area contributed by atoms with Crippen LogP contribution in [0.15, 0.2) is 53.6 Å². The molecule has 0 aliphatic heterocycles. The smallest absolute Gasteiger partial charge is 0.191 e. The first-order valence-electron chi connectivity index (χ1n) is 8.70. The molecule has 6 N–H and O–H groups in total. The second-order valence-corrected chi connectivity index (χ2v) is 8.06. The van der Waals surface area contributed by atoms with E-state index in [4.69, 9.17) is 17.2 Å². The number of hydrogen-bond donors (Lipinski definition) is 3. The zero-order valence-corrected chi connectivity index (χ0v) is 15.8. The predicted molar refractivity (Wildman–Crippen MR) is 111 cm³/mol. The van der Waals surface area contributed by atoms with Gasteiger partial charge < -0.3 is 17.2 Å². The largest absolute Gasteiger partial charge is 0.375 e. The van der Waals surface area contributed by atoms with E-state index < -0.39 is 0 Å². The third kappa shape index (κ3) is 4.73. The van der Waals surface area contributed by atoms with Crippen LogP contribution >= 0.6 is 11.3 Å². The first-order chi connectivity index (χ1) is 12.4. The number of guanidine groups is 1. The Kier molecular flexibility index (Phi) is 5.42. The Morgan fingerprint density at radius 1 is 1.19 bits per heavy atom. The van der Waals surface area contributed by atoms with Crippen molar-refractivity contribution in [3.63, 3.8) is 0 Å². The number of hydrogen-bond acceptors (Lipinski definition) is 4. The lowest BCUT2D eigenvalue weighted by Gasteiger charge is -2.26. The van der Waals surface area contributed by atoms with Crippen LogP contribution in [0.5, 0.6) is 0 Å². The van der Waals surface area contributed by atoms with Crippen molar-refractivity contribution >= 4 is 28.1 Å². The normalized spacial score (nSPS) is 18.8. The first-order valence-corrected chi connectivity index (χ1v) is 9.52. The lowest BCUT2D eigenvalue weighted by molar-refractivity contribution is 0.428. The Morgan fingerprint density at radius 2 is 1.96 bits per heavy atom. The van der Waals surface area contributed by atoms with Gasteiger partial charge in [-0.3, -0.25) is 0 Å². The molecule has 1 unspecified atom stereocenters. The van der Waals surface area contributed by atoms with Gasteiger partial charge in [0, 0.05) is 4.88 Å². The van der Waals surface area contributed by atoms with E-state index in [2.05, 4.69) is 41.2 Å². The molecule has 1 heterocycles. The highest BCUT2D eigenvalue weighted by atomic mass is 32.1. The number of aryl methyl sites for hydroxylation is 2.